The fraction of sp³-hybridized carbons (Fsp3) is 0.500. The normalized spacial score (nSPS) is 22.0. The first-order valence-corrected chi connectivity index (χ1v) is 8.18. The molecule has 1 amide bonds. The second-order valence-corrected chi connectivity index (χ2v) is 6.61. The predicted molar refractivity (Wildman–Crippen MR) is 85.1 cm³/mol. The number of rotatable bonds is 3. The van der Waals surface area contributed by atoms with Gasteiger partial charge in [-0.3, -0.25) is 4.79 Å². The van der Waals surface area contributed by atoms with Crippen LogP contribution >= 0.6 is 11.6 Å². The van der Waals surface area contributed by atoms with Gasteiger partial charge in [-0.25, -0.2) is 0 Å². The average molecular weight is 320 g/mol. The summed E-state index contributed by atoms with van der Waals surface area (Å²) in [4.78, 5) is 18.5. The minimum absolute atomic E-state index is 0.181. The van der Waals surface area contributed by atoms with Crippen molar-refractivity contribution in [3.05, 3.63) is 23.2 Å². The summed E-state index contributed by atoms with van der Waals surface area (Å²) in [6.07, 6.45) is 4.11. The van der Waals surface area contributed by atoms with E-state index >= 15 is 0 Å². The van der Waals surface area contributed by atoms with Crippen LogP contribution in [0.5, 0.6) is 0 Å². The van der Waals surface area contributed by atoms with Gasteiger partial charge < -0.3 is 14.6 Å². The molecule has 0 bridgehead atoms. The summed E-state index contributed by atoms with van der Waals surface area (Å²) in [6.45, 7) is 1.65. The zero-order valence-corrected chi connectivity index (χ0v) is 13.0. The van der Waals surface area contributed by atoms with Crippen LogP contribution in [0, 0.1) is 5.92 Å². The Morgan fingerprint density at radius 3 is 3.05 bits per heavy atom. The lowest BCUT2D eigenvalue weighted by Crippen LogP contribution is -2.48. The second-order valence-electron chi connectivity index (χ2n) is 6.18. The molecule has 1 aromatic heterocycles. The van der Waals surface area contributed by atoms with E-state index in [0.29, 0.717) is 16.6 Å². The molecule has 1 aromatic carbocycles. The van der Waals surface area contributed by atoms with Crippen molar-refractivity contribution in [3.63, 3.8) is 0 Å². The van der Waals surface area contributed by atoms with Gasteiger partial charge in [0.05, 0.1) is 0 Å². The molecule has 1 unspecified atom stereocenters. The van der Waals surface area contributed by atoms with Gasteiger partial charge in [-0.05, 0) is 37.8 Å². The maximum atomic E-state index is 11.9. The average Bonchev–Trinajstić information content (AvgIpc) is 3.27. The number of hydrogen-bond donors (Lipinski definition) is 1. The highest BCUT2D eigenvalue weighted by Crippen LogP contribution is 2.30. The number of benzene rings is 1. The highest BCUT2D eigenvalue weighted by atomic mass is 35.5. The van der Waals surface area contributed by atoms with Crippen molar-refractivity contribution in [2.45, 2.75) is 31.7 Å². The first-order valence-electron chi connectivity index (χ1n) is 7.80. The Labute approximate surface area is 133 Å². The van der Waals surface area contributed by atoms with Gasteiger partial charge >= 0.3 is 0 Å². The number of amides is 1. The van der Waals surface area contributed by atoms with Crippen LogP contribution in [0.25, 0.3) is 11.1 Å². The van der Waals surface area contributed by atoms with E-state index in [4.69, 9.17) is 16.0 Å². The molecule has 0 spiro atoms. The fourth-order valence-electron chi connectivity index (χ4n) is 2.95. The topological polar surface area (TPSA) is 58.4 Å². The molecule has 6 heteroatoms. The van der Waals surface area contributed by atoms with Crippen LogP contribution in [0.4, 0.5) is 6.01 Å². The maximum Gasteiger partial charge on any atom is 0.298 e. The molecule has 0 radical (unpaired) electrons. The summed E-state index contributed by atoms with van der Waals surface area (Å²) >= 11 is 5.98. The van der Waals surface area contributed by atoms with Gasteiger partial charge in [0.2, 0.25) is 5.91 Å². The van der Waals surface area contributed by atoms with Crippen LogP contribution in [-0.4, -0.2) is 30.0 Å². The summed E-state index contributed by atoms with van der Waals surface area (Å²) in [5.41, 5.74) is 1.51. The molecular formula is C16H18ClN3O2. The molecule has 2 heterocycles. The smallest absolute Gasteiger partial charge is 0.298 e. The number of carbonyl (C=O) groups excluding carboxylic acids is 1. The Balaban J connectivity index is 1.49. The van der Waals surface area contributed by atoms with Crippen molar-refractivity contribution < 1.29 is 9.21 Å². The Morgan fingerprint density at radius 2 is 2.23 bits per heavy atom. The Bertz CT molecular complexity index is 710. The molecule has 1 atom stereocenters. The van der Waals surface area contributed by atoms with Crippen molar-refractivity contribution in [2.75, 3.05) is 18.0 Å². The molecule has 1 saturated carbocycles. The molecule has 22 heavy (non-hydrogen) atoms. The van der Waals surface area contributed by atoms with E-state index in [1.54, 1.807) is 6.07 Å². The van der Waals surface area contributed by atoms with Crippen LogP contribution < -0.4 is 10.2 Å². The van der Waals surface area contributed by atoms with Gasteiger partial charge in [0.25, 0.3) is 6.01 Å². The molecule has 1 aliphatic heterocycles. The summed E-state index contributed by atoms with van der Waals surface area (Å²) in [7, 11) is 0. The van der Waals surface area contributed by atoms with E-state index < -0.39 is 0 Å². The molecule has 1 aliphatic carbocycles. The van der Waals surface area contributed by atoms with Crippen LogP contribution in [0.2, 0.25) is 5.02 Å². The summed E-state index contributed by atoms with van der Waals surface area (Å²) < 4.78 is 5.82. The molecule has 116 valence electrons. The lowest BCUT2D eigenvalue weighted by Gasteiger charge is -2.32. The number of fused-ring (bicyclic) bond motifs is 1. The zero-order valence-electron chi connectivity index (χ0n) is 12.2. The van der Waals surface area contributed by atoms with Gasteiger partial charge in [-0.1, -0.05) is 11.6 Å². The van der Waals surface area contributed by atoms with Gasteiger partial charge in [0.1, 0.15) is 5.52 Å². The third kappa shape index (κ3) is 2.77. The van der Waals surface area contributed by atoms with Crippen molar-refractivity contribution in [2.24, 2.45) is 5.92 Å². The molecule has 4 rings (SSSR count). The first kappa shape index (κ1) is 13.9. The van der Waals surface area contributed by atoms with Gasteiger partial charge in [0.15, 0.2) is 5.58 Å². The van der Waals surface area contributed by atoms with E-state index in [0.717, 1.165) is 44.3 Å². The van der Waals surface area contributed by atoms with Gasteiger partial charge in [-0.2, -0.15) is 4.98 Å². The zero-order chi connectivity index (χ0) is 15.1. The Hall–Kier alpha value is -1.75. The molecule has 2 aliphatic rings. The standard InChI is InChI=1S/C16H18ClN3O2/c17-11-5-6-13-14(8-11)22-16(19-13)20-7-1-2-12(9-20)18-15(21)10-3-4-10/h5-6,8,10,12H,1-4,7,9H2,(H,18,21). The number of nitrogens with one attached hydrogen (secondary N) is 1. The third-order valence-electron chi connectivity index (χ3n) is 4.33. The third-order valence-corrected chi connectivity index (χ3v) is 4.56. The maximum absolute atomic E-state index is 11.9. The minimum atomic E-state index is 0.181. The van der Waals surface area contributed by atoms with Crippen LogP contribution in [0.3, 0.4) is 0 Å². The van der Waals surface area contributed by atoms with Crippen LogP contribution in [0.15, 0.2) is 22.6 Å². The quantitative estimate of drug-likeness (QED) is 0.945. The largest absolute Gasteiger partial charge is 0.423 e. The van der Waals surface area contributed by atoms with Crippen LogP contribution in [-0.2, 0) is 4.79 Å². The van der Waals surface area contributed by atoms with Crippen molar-refractivity contribution in [1.29, 1.82) is 0 Å². The number of anilines is 1. The van der Waals surface area contributed by atoms with E-state index in [1.807, 2.05) is 12.1 Å². The predicted octanol–water partition coefficient (Wildman–Crippen LogP) is 2.98. The fourth-order valence-corrected chi connectivity index (χ4v) is 3.12. The van der Waals surface area contributed by atoms with E-state index in [9.17, 15) is 4.79 Å². The molecule has 1 saturated heterocycles. The second kappa shape index (κ2) is 5.47. The minimum Gasteiger partial charge on any atom is -0.423 e. The van der Waals surface area contributed by atoms with Gasteiger partial charge in [0, 0.05) is 36.1 Å². The highest BCUT2D eigenvalue weighted by Gasteiger charge is 2.32. The highest BCUT2D eigenvalue weighted by molar-refractivity contribution is 6.31. The lowest BCUT2D eigenvalue weighted by atomic mass is 10.1. The summed E-state index contributed by atoms with van der Waals surface area (Å²) in [5, 5.41) is 3.79. The molecule has 1 N–H and O–H groups in total. The number of oxazole rings is 1. The number of hydrogen-bond acceptors (Lipinski definition) is 4. The molecular weight excluding hydrogens is 302 g/mol. The van der Waals surface area contributed by atoms with E-state index in [2.05, 4.69) is 15.2 Å². The lowest BCUT2D eigenvalue weighted by molar-refractivity contribution is -0.123. The van der Waals surface area contributed by atoms with Crippen molar-refractivity contribution in [1.82, 2.24) is 10.3 Å². The number of aromatic nitrogens is 1. The number of carbonyl (C=O) groups is 1. The summed E-state index contributed by atoms with van der Waals surface area (Å²) in [5.74, 6) is 0.457. The molecule has 2 fully saturated rings. The number of piperidine rings is 1. The van der Waals surface area contributed by atoms with Crippen LogP contribution in [0.1, 0.15) is 25.7 Å². The molecule has 5 nitrogen and oxygen atoms in total. The Morgan fingerprint density at radius 1 is 1.36 bits per heavy atom. The number of halogens is 1. The monoisotopic (exact) mass is 319 g/mol. The van der Waals surface area contributed by atoms with E-state index in [-0.39, 0.29) is 17.9 Å². The van der Waals surface area contributed by atoms with Gasteiger partial charge in [-0.15, -0.1) is 0 Å². The summed E-state index contributed by atoms with van der Waals surface area (Å²) in [6, 6.07) is 6.25. The molecule has 2 aromatic rings. The SMILES string of the molecule is O=C(NC1CCCN(c2nc3ccc(Cl)cc3o2)C1)C1CC1. The van der Waals surface area contributed by atoms with E-state index in [1.165, 1.54) is 0 Å². The Kier molecular flexibility index (Phi) is 3.45. The first-order chi connectivity index (χ1) is 10.7. The number of nitrogens with zero attached hydrogens (tertiary/aromatic N) is 2. The van der Waals surface area contributed by atoms with Crippen molar-refractivity contribution in [3.8, 4) is 0 Å². The van der Waals surface area contributed by atoms with Crippen molar-refractivity contribution >= 4 is 34.6 Å².